The van der Waals surface area contributed by atoms with E-state index in [-0.39, 0.29) is 23.4 Å². The van der Waals surface area contributed by atoms with E-state index in [1.165, 1.54) is 4.70 Å². The van der Waals surface area contributed by atoms with E-state index in [1.54, 1.807) is 11.3 Å². The van der Waals surface area contributed by atoms with Crippen LogP contribution in [-0.2, 0) is 11.3 Å². The Hall–Kier alpha value is -1.98. The Morgan fingerprint density at radius 3 is 2.48 bits per heavy atom. The fraction of sp³-hybridized carbons (Fsp3) is 0.111. The summed E-state index contributed by atoms with van der Waals surface area (Å²) in [6, 6.07) is 18.2. The fourth-order valence-electron chi connectivity index (χ4n) is 2.35. The van der Waals surface area contributed by atoms with Crippen LogP contribution in [0.3, 0.4) is 0 Å². The molecule has 118 valence electrons. The predicted molar refractivity (Wildman–Crippen MR) is 89.6 cm³/mol. The Bertz CT molecular complexity index is 827. The van der Waals surface area contributed by atoms with Crippen molar-refractivity contribution in [1.82, 2.24) is 0 Å². The molecule has 0 spiro atoms. The summed E-state index contributed by atoms with van der Waals surface area (Å²) in [4.78, 5) is 10.9. The number of halogens is 1. The molecule has 0 aliphatic carbocycles. The smallest absolute Gasteiger partial charge is 0.309 e. The molecule has 1 heterocycles. The van der Waals surface area contributed by atoms with Gasteiger partial charge in [0.2, 0.25) is 5.52 Å². The van der Waals surface area contributed by atoms with Gasteiger partial charge in [-0.2, -0.15) is 4.57 Å². The zero-order chi connectivity index (χ0) is 15.4. The van der Waals surface area contributed by atoms with Crippen LogP contribution in [0.2, 0.25) is 0 Å². The zero-order valence-electron chi connectivity index (χ0n) is 12.4. The molecule has 0 aliphatic rings. The molecular weight excluding hydrogens is 374 g/mol. The number of aliphatic carboxylic acids is 1. The number of nitrogens with zero attached hydrogens (tertiary/aromatic N) is 1. The summed E-state index contributed by atoms with van der Waals surface area (Å²) in [6.07, 6.45) is 4.24. The van der Waals surface area contributed by atoms with Crippen LogP contribution in [0.4, 0.5) is 0 Å². The van der Waals surface area contributed by atoms with Crippen LogP contribution in [0.15, 0.2) is 54.6 Å². The summed E-state index contributed by atoms with van der Waals surface area (Å²) in [5.41, 5.74) is 2.21. The Kier molecular flexibility index (Phi) is 6.07. The van der Waals surface area contributed by atoms with Gasteiger partial charge in [0.1, 0.15) is 11.1 Å². The first-order valence-corrected chi connectivity index (χ1v) is 7.92. The number of fused-ring (bicyclic) bond motifs is 1. The number of para-hydroxylation sites is 1. The molecule has 1 N–H and O–H groups in total. The van der Waals surface area contributed by atoms with Crippen molar-refractivity contribution in [2.45, 2.75) is 13.0 Å². The number of hydrogen-bond acceptors (Lipinski definition) is 2. The first-order chi connectivity index (χ1) is 10.7. The lowest BCUT2D eigenvalue weighted by Crippen LogP contribution is -3.00. The van der Waals surface area contributed by atoms with Crippen LogP contribution >= 0.6 is 11.3 Å². The molecule has 0 saturated carbocycles. The van der Waals surface area contributed by atoms with Gasteiger partial charge in [-0.05, 0) is 17.7 Å². The Morgan fingerprint density at radius 1 is 1.04 bits per heavy atom. The van der Waals surface area contributed by atoms with Gasteiger partial charge in [-0.25, -0.2) is 0 Å². The van der Waals surface area contributed by atoms with E-state index in [1.807, 2.05) is 48.5 Å². The minimum Gasteiger partial charge on any atom is -1.00 e. The first-order valence-electron chi connectivity index (χ1n) is 7.10. The molecule has 3 nitrogen and oxygen atoms in total. The van der Waals surface area contributed by atoms with Crippen LogP contribution in [0, 0.1) is 0 Å². The molecular formula is C18H16BrNO2S. The Labute approximate surface area is 149 Å². The van der Waals surface area contributed by atoms with Crippen LogP contribution in [0.5, 0.6) is 0 Å². The van der Waals surface area contributed by atoms with Gasteiger partial charge in [0, 0.05) is 12.1 Å². The van der Waals surface area contributed by atoms with Gasteiger partial charge in [0.15, 0.2) is 6.54 Å². The molecule has 3 aromatic rings. The van der Waals surface area contributed by atoms with Crippen molar-refractivity contribution < 1.29 is 31.4 Å². The van der Waals surface area contributed by atoms with E-state index in [0.717, 1.165) is 16.1 Å². The van der Waals surface area contributed by atoms with E-state index in [0.29, 0.717) is 6.54 Å². The van der Waals surface area contributed by atoms with Crippen LogP contribution < -0.4 is 21.5 Å². The molecule has 23 heavy (non-hydrogen) atoms. The number of carboxylic acids is 1. The highest BCUT2D eigenvalue weighted by molar-refractivity contribution is 7.18. The van der Waals surface area contributed by atoms with E-state index in [2.05, 4.69) is 22.8 Å². The number of carboxylic acid groups (broad SMARTS) is 1. The molecule has 0 fully saturated rings. The number of thiazole rings is 1. The summed E-state index contributed by atoms with van der Waals surface area (Å²) < 4.78 is 3.24. The summed E-state index contributed by atoms with van der Waals surface area (Å²) in [7, 11) is 0. The third-order valence-electron chi connectivity index (χ3n) is 3.40. The molecule has 1 aromatic heterocycles. The second-order valence-electron chi connectivity index (χ2n) is 4.95. The number of rotatable bonds is 5. The first kappa shape index (κ1) is 17.4. The van der Waals surface area contributed by atoms with Crippen molar-refractivity contribution in [2.24, 2.45) is 0 Å². The van der Waals surface area contributed by atoms with E-state index in [4.69, 9.17) is 5.11 Å². The standard InChI is InChI=1S/C18H15NO2S.BrH/c20-18(21)12-13-19-15-8-4-5-9-16(15)22-17(19)11-10-14-6-2-1-3-7-14;/h1-11H,12-13H2;1H/b11-10+;. The van der Waals surface area contributed by atoms with Crippen LogP contribution in [0.1, 0.15) is 17.0 Å². The van der Waals surface area contributed by atoms with Gasteiger partial charge in [-0.15, -0.1) is 0 Å². The number of carbonyl (C=O) groups is 1. The molecule has 2 aromatic carbocycles. The minimum atomic E-state index is -0.777. The highest BCUT2D eigenvalue weighted by atomic mass is 79.9. The lowest BCUT2D eigenvalue weighted by molar-refractivity contribution is -0.667. The lowest BCUT2D eigenvalue weighted by atomic mass is 10.2. The van der Waals surface area contributed by atoms with Crippen molar-refractivity contribution in [2.75, 3.05) is 0 Å². The number of benzene rings is 2. The fourth-order valence-corrected chi connectivity index (χ4v) is 3.44. The Balaban J connectivity index is 0.00000192. The van der Waals surface area contributed by atoms with Gasteiger partial charge >= 0.3 is 5.97 Å². The summed E-state index contributed by atoms with van der Waals surface area (Å²) >= 11 is 1.68. The van der Waals surface area contributed by atoms with Crippen molar-refractivity contribution in [1.29, 1.82) is 0 Å². The monoisotopic (exact) mass is 389 g/mol. The maximum atomic E-state index is 10.9. The largest absolute Gasteiger partial charge is 1.00 e. The molecule has 0 bridgehead atoms. The molecule has 5 heteroatoms. The Morgan fingerprint density at radius 2 is 1.74 bits per heavy atom. The molecule has 0 atom stereocenters. The van der Waals surface area contributed by atoms with Crippen molar-refractivity contribution >= 4 is 39.7 Å². The highest BCUT2D eigenvalue weighted by Crippen LogP contribution is 2.22. The van der Waals surface area contributed by atoms with Gasteiger partial charge < -0.3 is 22.1 Å². The normalized spacial score (nSPS) is 10.8. The van der Waals surface area contributed by atoms with Crippen molar-refractivity contribution in [3.05, 3.63) is 65.2 Å². The third-order valence-corrected chi connectivity index (χ3v) is 4.53. The molecule has 3 rings (SSSR count). The molecule has 0 radical (unpaired) electrons. The lowest BCUT2D eigenvalue weighted by Gasteiger charge is -1.95. The second kappa shape index (κ2) is 8.04. The van der Waals surface area contributed by atoms with Gasteiger partial charge in [0.05, 0.1) is 0 Å². The summed E-state index contributed by atoms with van der Waals surface area (Å²) in [6.45, 7) is 0.480. The summed E-state index contributed by atoms with van der Waals surface area (Å²) in [5.74, 6) is -0.777. The summed E-state index contributed by atoms with van der Waals surface area (Å²) in [5, 5.41) is 10.0. The average molecular weight is 390 g/mol. The maximum absolute atomic E-state index is 10.9. The molecule has 0 unspecified atom stereocenters. The van der Waals surface area contributed by atoms with Crippen LogP contribution in [-0.4, -0.2) is 11.1 Å². The minimum absolute atomic E-state index is 0. The number of aromatic nitrogens is 1. The van der Waals surface area contributed by atoms with Crippen molar-refractivity contribution in [3.8, 4) is 0 Å². The van der Waals surface area contributed by atoms with E-state index >= 15 is 0 Å². The van der Waals surface area contributed by atoms with Crippen LogP contribution in [0.25, 0.3) is 22.4 Å². The predicted octanol–water partition coefficient (Wildman–Crippen LogP) is 0.838. The SMILES string of the molecule is O=C(O)CC[n+]1c(/C=C/c2ccccc2)sc2ccccc21.[Br-]. The molecule has 0 amide bonds. The quantitative estimate of drug-likeness (QED) is 0.656. The topological polar surface area (TPSA) is 41.2 Å². The maximum Gasteiger partial charge on any atom is 0.309 e. The highest BCUT2D eigenvalue weighted by Gasteiger charge is 2.18. The number of aryl methyl sites for hydroxylation is 1. The van der Waals surface area contributed by atoms with Gasteiger partial charge in [0.25, 0.3) is 5.01 Å². The molecule has 0 saturated heterocycles. The zero-order valence-corrected chi connectivity index (χ0v) is 14.8. The second-order valence-corrected chi connectivity index (χ2v) is 6.01. The van der Waals surface area contributed by atoms with Crippen molar-refractivity contribution in [3.63, 3.8) is 0 Å². The number of hydrogen-bond donors (Lipinski definition) is 1. The molecule has 0 aliphatic heterocycles. The average Bonchev–Trinajstić information content (AvgIpc) is 2.89. The van der Waals surface area contributed by atoms with Gasteiger partial charge in [-0.3, -0.25) is 4.79 Å². The van der Waals surface area contributed by atoms with E-state index < -0.39 is 5.97 Å². The van der Waals surface area contributed by atoms with E-state index in [9.17, 15) is 4.79 Å². The third kappa shape index (κ3) is 4.27. The van der Waals surface area contributed by atoms with Gasteiger partial charge in [-0.1, -0.05) is 53.8 Å².